The van der Waals surface area contributed by atoms with E-state index in [2.05, 4.69) is 4.98 Å². The first-order chi connectivity index (χ1) is 13.9. The van der Waals surface area contributed by atoms with Crippen LogP contribution in [0.5, 0.6) is 0 Å². The molecular formula is C21H19Cl2N3O3. The predicted octanol–water partition coefficient (Wildman–Crippen LogP) is 4.03. The van der Waals surface area contributed by atoms with Crippen molar-refractivity contribution in [1.29, 1.82) is 0 Å². The number of carbonyl (C=O) groups excluding carboxylic acids is 1. The number of benzene rings is 2. The minimum Gasteiger partial charge on any atom is -0.459 e. The molecule has 1 aromatic heterocycles. The highest BCUT2D eigenvalue weighted by molar-refractivity contribution is 6.33. The quantitative estimate of drug-likeness (QED) is 0.551. The first-order valence-corrected chi connectivity index (χ1v) is 9.55. The molecule has 8 heteroatoms. The van der Waals surface area contributed by atoms with Crippen LogP contribution in [0, 0.1) is 0 Å². The maximum atomic E-state index is 12.6. The Morgan fingerprint density at radius 1 is 1.07 bits per heavy atom. The zero-order valence-corrected chi connectivity index (χ0v) is 17.4. The highest BCUT2D eigenvalue weighted by atomic mass is 35.5. The molecule has 2 aromatic carbocycles. The van der Waals surface area contributed by atoms with Gasteiger partial charge in [-0.3, -0.25) is 14.2 Å². The van der Waals surface area contributed by atoms with Gasteiger partial charge in [0.1, 0.15) is 13.2 Å². The van der Waals surface area contributed by atoms with E-state index in [1.54, 1.807) is 6.07 Å². The number of anilines is 1. The Hall–Kier alpha value is -2.83. The summed E-state index contributed by atoms with van der Waals surface area (Å²) in [6.07, 6.45) is 0. The van der Waals surface area contributed by atoms with E-state index < -0.39 is 11.5 Å². The Balaban J connectivity index is 1.94. The molecular weight excluding hydrogens is 413 g/mol. The van der Waals surface area contributed by atoms with Crippen molar-refractivity contribution >= 4 is 34.9 Å². The zero-order chi connectivity index (χ0) is 21.0. The molecule has 0 saturated carbocycles. The molecule has 150 valence electrons. The fraction of sp³-hybridized carbons (Fsp3) is 0.190. The maximum absolute atomic E-state index is 12.6. The Labute approximate surface area is 178 Å². The minimum atomic E-state index is -0.613. The smallest absolute Gasteiger partial charge is 0.326 e. The van der Waals surface area contributed by atoms with Crippen LogP contribution in [0.3, 0.4) is 0 Å². The van der Waals surface area contributed by atoms with Crippen LogP contribution < -0.4 is 10.5 Å². The maximum Gasteiger partial charge on any atom is 0.326 e. The molecule has 0 atom stereocenters. The molecule has 0 spiro atoms. The minimum absolute atomic E-state index is 0.0290. The first-order valence-electron chi connectivity index (χ1n) is 8.80. The summed E-state index contributed by atoms with van der Waals surface area (Å²) >= 11 is 12.2. The van der Waals surface area contributed by atoms with E-state index in [-0.39, 0.29) is 23.5 Å². The number of hydrogen-bond acceptors (Lipinski definition) is 5. The van der Waals surface area contributed by atoms with Gasteiger partial charge in [0.2, 0.25) is 0 Å². The van der Waals surface area contributed by atoms with E-state index in [0.29, 0.717) is 11.3 Å². The largest absolute Gasteiger partial charge is 0.459 e. The highest BCUT2D eigenvalue weighted by Gasteiger charge is 2.19. The topological polar surface area (TPSA) is 64.4 Å². The van der Waals surface area contributed by atoms with Crippen LogP contribution in [0.2, 0.25) is 10.3 Å². The summed E-state index contributed by atoms with van der Waals surface area (Å²) in [7, 11) is 3.80. The molecule has 3 rings (SSSR count). The molecule has 29 heavy (non-hydrogen) atoms. The Bertz CT molecular complexity index is 1080. The SMILES string of the molecule is CN(C)c1cccc(-c2c(Cl)nc(Cl)c(=O)n2CC(=O)OCc2ccccc2)c1. The average molecular weight is 432 g/mol. The molecule has 0 aliphatic rings. The van der Waals surface area contributed by atoms with Gasteiger partial charge in [0.25, 0.3) is 5.56 Å². The summed E-state index contributed by atoms with van der Waals surface area (Å²) in [6.45, 7) is -0.235. The Kier molecular flexibility index (Phi) is 6.56. The van der Waals surface area contributed by atoms with Gasteiger partial charge in [0.15, 0.2) is 10.3 Å². The number of halogens is 2. The van der Waals surface area contributed by atoms with Crippen LogP contribution in [0.1, 0.15) is 5.56 Å². The standard InChI is InChI=1S/C21H19Cl2N3O3/c1-25(2)16-10-6-9-15(11-16)18-19(22)24-20(23)21(28)26(18)12-17(27)29-13-14-7-4-3-5-8-14/h3-11H,12-13H2,1-2H3. The van der Waals surface area contributed by atoms with E-state index in [1.807, 2.05) is 67.5 Å². The lowest BCUT2D eigenvalue weighted by atomic mass is 10.1. The fourth-order valence-corrected chi connectivity index (χ4v) is 3.31. The predicted molar refractivity (Wildman–Crippen MR) is 115 cm³/mol. The van der Waals surface area contributed by atoms with Gasteiger partial charge in [0, 0.05) is 25.3 Å². The number of nitrogens with zero attached hydrogens (tertiary/aromatic N) is 3. The van der Waals surface area contributed by atoms with E-state index in [1.165, 1.54) is 4.57 Å². The monoisotopic (exact) mass is 431 g/mol. The van der Waals surface area contributed by atoms with E-state index in [9.17, 15) is 9.59 Å². The summed E-state index contributed by atoms with van der Waals surface area (Å²) in [5, 5.41) is -0.278. The second-order valence-corrected chi connectivity index (χ2v) is 7.24. The van der Waals surface area contributed by atoms with Crippen molar-refractivity contribution < 1.29 is 9.53 Å². The van der Waals surface area contributed by atoms with Crippen LogP contribution in [-0.4, -0.2) is 29.6 Å². The van der Waals surface area contributed by atoms with Crippen molar-refractivity contribution in [1.82, 2.24) is 9.55 Å². The number of hydrogen-bond donors (Lipinski definition) is 0. The Morgan fingerprint density at radius 2 is 1.79 bits per heavy atom. The van der Waals surface area contributed by atoms with Gasteiger partial charge in [0.05, 0.1) is 5.69 Å². The van der Waals surface area contributed by atoms with Gasteiger partial charge in [-0.05, 0) is 17.7 Å². The summed E-state index contributed by atoms with van der Waals surface area (Å²) < 4.78 is 6.50. The summed E-state index contributed by atoms with van der Waals surface area (Å²) in [5.41, 5.74) is 2.08. The van der Waals surface area contributed by atoms with E-state index in [0.717, 1.165) is 11.3 Å². The number of ether oxygens (including phenoxy) is 1. The van der Waals surface area contributed by atoms with Crippen molar-refractivity contribution in [3.8, 4) is 11.3 Å². The van der Waals surface area contributed by atoms with Crippen LogP contribution in [-0.2, 0) is 22.7 Å². The molecule has 0 N–H and O–H groups in total. The second-order valence-electron chi connectivity index (χ2n) is 6.52. The third kappa shape index (κ3) is 4.96. The lowest BCUT2D eigenvalue weighted by Crippen LogP contribution is -2.28. The summed E-state index contributed by atoms with van der Waals surface area (Å²) in [6, 6.07) is 16.7. The first kappa shape index (κ1) is 20.9. The van der Waals surface area contributed by atoms with Crippen molar-refractivity contribution in [2.75, 3.05) is 19.0 Å². The van der Waals surface area contributed by atoms with Gasteiger partial charge >= 0.3 is 5.97 Å². The van der Waals surface area contributed by atoms with Crippen LogP contribution in [0.25, 0.3) is 11.3 Å². The second kappa shape index (κ2) is 9.11. The number of aromatic nitrogens is 2. The van der Waals surface area contributed by atoms with Crippen molar-refractivity contribution in [2.45, 2.75) is 13.2 Å². The lowest BCUT2D eigenvalue weighted by Gasteiger charge is -2.17. The molecule has 3 aromatic rings. The number of esters is 1. The summed E-state index contributed by atoms with van der Waals surface area (Å²) in [5.74, 6) is -0.584. The molecule has 0 bridgehead atoms. The molecule has 0 amide bonds. The van der Waals surface area contributed by atoms with Gasteiger partial charge in [-0.25, -0.2) is 4.98 Å². The van der Waals surface area contributed by atoms with Crippen molar-refractivity contribution in [3.05, 3.63) is 80.8 Å². The van der Waals surface area contributed by atoms with Crippen LogP contribution in [0.15, 0.2) is 59.4 Å². The fourth-order valence-electron chi connectivity index (χ4n) is 2.78. The van der Waals surface area contributed by atoms with E-state index >= 15 is 0 Å². The summed E-state index contributed by atoms with van der Waals surface area (Å²) in [4.78, 5) is 30.9. The Morgan fingerprint density at radius 3 is 2.48 bits per heavy atom. The van der Waals surface area contributed by atoms with Crippen molar-refractivity contribution in [2.24, 2.45) is 0 Å². The molecule has 0 aliphatic carbocycles. The number of rotatable bonds is 6. The number of carbonyl (C=O) groups is 1. The van der Waals surface area contributed by atoms with Crippen molar-refractivity contribution in [3.63, 3.8) is 0 Å². The molecule has 0 unspecified atom stereocenters. The van der Waals surface area contributed by atoms with Gasteiger partial charge in [-0.15, -0.1) is 0 Å². The highest BCUT2D eigenvalue weighted by Crippen LogP contribution is 2.29. The molecule has 6 nitrogen and oxygen atoms in total. The molecule has 0 radical (unpaired) electrons. The van der Waals surface area contributed by atoms with Gasteiger partial charge in [-0.1, -0.05) is 65.7 Å². The van der Waals surface area contributed by atoms with E-state index in [4.69, 9.17) is 27.9 Å². The molecule has 0 fully saturated rings. The van der Waals surface area contributed by atoms with Gasteiger partial charge < -0.3 is 9.64 Å². The normalized spacial score (nSPS) is 10.6. The van der Waals surface area contributed by atoms with Crippen LogP contribution >= 0.6 is 23.2 Å². The molecule has 0 saturated heterocycles. The average Bonchev–Trinajstić information content (AvgIpc) is 2.71. The zero-order valence-electron chi connectivity index (χ0n) is 15.9. The third-order valence-corrected chi connectivity index (χ3v) is 4.76. The molecule has 0 aliphatic heterocycles. The third-order valence-electron chi connectivity index (χ3n) is 4.25. The van der Waals surface area contributed by atoms with Crippen LogP contribution in [0.4, 0.5) is 5.69 Å². The van der Waals surface area contributed by atoms with Gasteiger partial charge in [-0.2, -0.15) is 0 Å². The lowest BCUT2D eigenvalue weighted by molar-refractivity contribution is -0.145. The molecule has 1 heterocycles.